The Hall–Kier alpha value is -2.38. The molecular formula is C17H20N2O4S. The van der Waals surface area contributed by atoms with Crippen LogP contribution in [0.5, 0.6) is 5.75 Å². The first kappa shape index (κ1) is 18.0. The zero-order chi connectivity index (χ0) is 17.6. The molecule has 2 rings (SSSR count). The summed E-state index contributed by atoms with van der Waals surface area (Å²) in [6.07, 6.45) is 0. The molecule has 0 fully saturated rings. The first-order valence-electron chi connectivity index (χ1n) is 7.39. The summed E-state index contributed by atoms with van der Waals surface area (Å²) in [4.78, 5) is 12.0. The fraction of sp³-hybridized carbons (Fsp3) is 0.235. The average molecular weight is 348 g/mol. The summed E-state index contributed by atoms with van der Waals surface area (Å²) in [5.41, 5.74) is 1.92. The van der Waals surface area contributed by atoms with Crippen molar-refractivity contribution >= 4 is 15.9 Å². The lowest BCUT2D eigenvalue weighted by Gasteiger charge is -2.08. The normalized spacial score (nSPS) is 11.1. The third kappa shape index (κ3) is 5.07. The molecule has 2 N–H and O–H groups in total. The van der Waals surface area contributed by atoms with Crippen LogP contribution in [-0.4, -0.2) is 28.0 Å². The molecular weight excluding hydrogens is 328 g/mol. The van der Waals surface area contributed by atoms with Gasteiger partial charge in [-0.25, -0.2) is 13.1 Å². The van der Waals surface area contributed by atoms with E-state index < -0.39 is 10.0 Å². The molecule has 2 aromatic carbocycles. The van der Waals surface area contributed by atoms with Crippen molar-refractivity contribution in [3.05, 3.63) is 59.7 Å². The number of nitrogens with one attached hydrogen (secondary N) is 2. The Balaban J connectivity index is 1.82. The van der Waals surface area contributed by atoms with Gasteiger partial charge in [0.2, 0.25) is 10.0 Å². The van der Waals surface area contributed by atoms with E-state index in [2.05, 4.69) is 10.0 Å². The van der Waals surface area contributed by atoms with Crippen molar-refractivity contribution in [1.29, 1.82) is 0 Å². The topological polar surface area (TPSA) is 84.5 Å². The Morgan fingerprint density at radius 3 is 2.25 bits per heavy atom. The summed E-state index contributed by atoms with van der Waals surface area (Å²) in [5, 5.41) is 2.72. The molecule has 6 nitrogen and oxygen atoms in total. The van der Waals surface area contributed by atoms with Gasteiger partial charge >= 0.3 is 0 Å². The number of rotatable bonds is 7. The van der Waals surface area contributed by atoms with Gasteiger partial charge in [-0.05, 0) is 43.8 Å². The highest BCUT2D eigenvalue weighted by Crippen LogP contribution is 2.11. The minimum Gasteiger partial charge on any atom is -0.484 e. The van der Waals surface area contributed by atoms with Crippen molar-refractivity contribution in [3.63, 3.8) is 0 Å². The van der Waals surface area contributed by atoms with E-state index in [0.717, 1.165) is 11.1 Å². The van der Waals surface area contributed by atoms with Crippen molar-refractivity contribution in [2.45, 2.75) is 18.4 Å². The van der Waals surface area contributed by atoms with E-state index in [1.165, 1.54) is 19.2 Å². The lowest BCUT2D eigenvalue weighted by atomic mass is 10.2. The lowest BCUT2D eigenvalue weighted by molar-refractivity contribution is -0.123. The van der Waals surface area contributed by atoms with Gasteiger partial charge < -0.3 is 10.1 Å². The van der Waals surface area contributed by atoms with E-state index in [1.54, 1.807) is 12.1 Å². The fourth-order valence-electron chi connectivity index (χ4n) is 1.94. The lowest BCUT2D eigenvalue weighted by Crippen LogP contribution is -2.28. The van der Waals surface area contributed by atoms with Gasteiger partial charge in [0.15, 0.2) is 6.61 Å². The number of carbonyl (C=O) groups is 1. The molecule has 7 heteroatoms. The maximum Gasteiger partial charge on any atom is 0.258 e. The molecule has 0 aliphatic carbocycles. The van der Waals surface area contributed by atoms with Crippen molar-refractivity contribution < 1.29 is 17.9 Å². The standard InChI is InChI=1S/C17H20N2O4S/c1-13-3-7-15(8-4-13)23-12-17(20)19-11-14-5-9-16(10-6-14)24(21,22)18-2/h3-10,18H,11-12H2,1-2H3,(H,19,20). The molecule has 1 amide bonds. The minimum absolute atomic E-state index is 0.0741. The molecule has 24 heavy (non-hydrogen) atoms. The van der Waals surface area contributed by atoms with Gasteiger partial charge in [-0.3, -0.25) is 4.79 Å². The fourth-order valence-corrected chi connectivity index (χ4v) is 2.67. The van der Waals surface area contributed by atoms with Gasteiger partial charge in [-0.1, -0.05) is 29.8 Å². The maximum absolute atomic E-state index is 11.8. The van der Waals surface area contributed by atoms with Gasteiger partial charge in [0.05, 0.1) is 4.90 Å². The summed E-state index contributed by atoms with van der Waals surface area (Å²) in [6.45, 7) is 2.20. The number of aryl methyl sites for hydroxylation is 1. The van der Waals surface area contributed by atoms with Crippen LogP contribution < -0.4 is 14.8 Å². The van der Waals surface area contributed by atoms with Gasteiger partial charge in [-0.2, -0.15) is 0 Å². The van der Waals surface area contributed by atoms with Crippen LogP contribution in [-0.2, 0) is 21.4 Å². The Kier molecular flexibility index (Phi) is 5.94. The summed E-state index contributed by atoms with van der Waals surface area (Å²) in [6, 6.07) is 13.7. The molecule has 0 aliphatic rings. The van der Waals surface area contributed by atoms with E-state index in [9.17, 15) is 13.2 Å². The Labute approximate surface area is 141 Å². The Bertz CT molecular complexity index is 784. The van der Waals surface area contributed by atoms with Crippen molar-refractivity contribution in [3.8, 4) is 5.75 Å². The highest BCUT2D eigenvalue weighted by Gasteiger charge is 2.10. The highest BCUT2D eigenvalue weighted by molar-refractivity contribution is 7.89. The summed E-state index contributed by atoms with van der Waals surface area (Å²) >= 11 is 0. The SMILES string of the molecule is CNS(=O)(=O)c1ccc(CNC(=O)COc2ccc(C)cc2)cc1. The number of carbonyl (C=O) groups excluding carboxylic acids is 1. The van der Waals surface area contributed by atoms with Crippen LogP contribution in [0.4, 0.5) is 0 Å². The van der Waals surface area contributed by atoms with E-state index in [1.807, 2.05) is 31.2 Å². The first-order chi connectivity index (χ1) is 11.4. The van der Waals surface area contributed by atoms with Crippen LogP contribution >= 0.6 is 0 Å². The highest BCUT2D eigenvalue weighted by atomic mass is 32.2. The van der Waals surface area contributed by atoms with E-state index in [0.29, 0.717) is 12.3 Å². The zero-order valence-corrected chi connectivity index (χ0v) is 14.4. The van der Waals surface area contributed by atoms with Crippen molar-refractivity contribution in [2.75, 3.05) is 13.7 Å². The summed E-state index contributed by atoms with van der Waals surface area (Å²) in [5.74, 6) is 0.389. The number of hydrogen-bond acceptors (Lipinski definition) is 4. The van der Waals surface area contributed by atoms with E-state index >= 15 is 0 Å². The second kappa shape index (κ2) is 7.94. The molecule has 0 spiro atoms. The molecule has 0 aromatic heterocycles. The first-order valence-corrected chi connectivity index (χ1v) is 8.88. The summed E-state index contributed by atoms with van der Waals surface area (Å²) in [7, 11) is -2.09. The molecule has 0 unspecified atom stereocenters. The Morgan fingerprint density at radius 2 is 1.67 bits per heavy atom. The monoisotopic (exact) mass is 348 g/mol. The minimum atomic E-state index is -3.45. The molecule has 0 saturated carbocycles. The smallest absolute Gasteiger partial charge is 0.258 e. The predicted molar refractivity (Wildman–Crippen MR) is 91.2 cm³/mol. The van der Waals surface area contributed by atoms with Gasteiger partial charge in [0.1, 0.15) is 5.75 Å². The van der Waals surface area contributed by atoms with Crippen LogP contribution in [0, 0.1) is 6.92 Å². The van der Waals surface area contributed by atoms with E-state index in [-0.39, 0.29) is 17.4 Å². The number of amides is 1. The molecule has 0 saturated heterocycles. The molecule has 2 aromatic rings. The third-order valence-corrected chi connectivity index (χ3v) is 4.81. The van der Waals surface area contributed by atoms with Crippen LogP contribution in [0.15, 0.2) is 53.4 Å². The van der Waals surface area contributed by atoms with Crippen LogP contribution in [0.3, 0.4) is 0 Å². The second-order valence-corrected chi connectivity index (χ2v) is 7.12. The third-order valence-electron chi connectivity index (χ3n) is 3.38. The quantitative estimate of drug-likeness (QED) is 0.796. The van der Waals surface area contributed by atoms with Crippen molar-refractivity contribution in [1.82, 2.24) is 10.0 Å². The van der Waals surface area contributed by atoms with Gasteiger partial charge in [0, 0.05) is 6.54 Å². The van der Waals surface area contributed by atoms with Crippen LogP contribution in [0.25, 0.3) is 0 Å². The number of sulfonamides is 1. The second-order valence-electron chi connectivity index (χ2n) is 5.23. The largest absolute Gasteiger partial charge is 0.484 e. The van der Waals surface area contributed by atoms with Gasteiger partial charge in [-0.15, -0.1) is 0 Å². The van der Waals surface area contributed by atoms with Crippen molar-refractivity contribution in [2.24, 2.45) is 0 Å². The summed E-state index contributed by atoms with van der Waals surface area (Å²) < 4.78 is 30.9. The van der Waals surface area contributed by atoms with Crippen LogP contribution in [0.1, 0.15) is 11.1 Å². The Morgan fingerprint density at radius 1 is 1.04 bits per heavy atom. The molecule has 0 aliphatic heterocycles. The molecule has 0 bridgehead atoms. The maximum atomic E-state index is 11.8. The molecule has 0 radical (unpaired) electrons. The number of ether oxygens (including phenoxy) is 1. The van der Waals surface area contributed by atoms with E-state index in [4.69, 9.17) is 4.74 Å². The molecule has 0 heterocycles. The zero-order valence-electron chi connectivity index (χ0n) is 13.6. The molecule has 0 atom stereocenters. The number of benzene rings is 2. The predicted octanol–water partition coefficient (Wildman–Crippen LogP) is 1.60. The average Bonchev–Trinajstić information content (AvgIpc) is 2.60. The molecule has 128 valence electrons. The van der Waals surface area contributed by atoms with Crippen LogP contribution in [0.2, 0.25) is 0 Å². The number of hydrogen-bond donors (Lipinski definition) is 2. The van der Waals surface area contributed by atoms with Gasteiger partial charge in [0.25, 0.3) is 5.91 Å².